The average molecular weight is 315 g/mol. The molecule has 0 aliphatic rings. The van der Waals surface area contributed by atoms with Gasteiger partial charge >= 0.3 is 12.0 Å². The number of ketones is 1. The fraction of sp³-hybridized carbons (Fsp3) is 0.800. The van der Waals surface area contributed by atoms with Crippen LogP contribution in [-0.2, 0) is 9.59 Å². The Kier molecular flexibility index (Phi) is 12.1. The van der Waals surface area contributed by atoms with Crippen molar-refractivity contribution in [3.63, 3.8) is 0 Å². The number of unbranched alkanes of at least 4 members (excludes halogenated alkanes) is 6. The Morgan fingerprint density at radius 2 is 1.59 bits per heavy atom. The van der Waals surface area contributed by atoms with E-state index < -0.39 is 23.8 Å². The third-order valence-electron chi connectivity index (χ3n) is 3.28. The molecule has 7 heteroatoms. The van der Waals surface area contributed by atoms with Crippen LogP contribution in [0.5, 0.6) is 0 Å². The first-order valence-electron chi connectivity index (χ1n) is 7.99. The molecule has 0 aliphatic heterocycles. The number of nitrogens with one attached hydrogen (secondary N) is 2. The van der Waals surface area contributed by atoms with Gasteiger partial charge in [-0.25, -0.2) is 4.79 Å². The van der Waals surface area contributed by atoms with Crippen LogP contribution in [0.3, 0.4) is 0 Å². The highest BCUT2D eigenvalue weighted by Crippen LogP contribution is 2.06. The van der Waals surface area contributed by atoms with Crippen molar-refractivity contribution in [2.45, 2.75) is 64.3 Å². The summed E-state index contributed by atoms with van der Waals surface area (Å²) in [5.41, 5.74) is 5.23. The van der Waals surface area contributed by atoms with Crippen molar-refractivity contribution >= 4 is 17.8 Å². The first-order chi connectivity index (χ1) is 10.5. The summed E-state index contributed by atoms with van der Waals surface area (Å²) >= 11 is 0. The fourth-order valence-corrected chi connectivity index (χ4v) is 1.93. The Labute approximate surface area is 132 Å². The summed E-state index contributed by atoms with van der Waals surface area (Å²) < 4.78 is 0. The average Bonchev–Trinajstić information content (AvgIpc) is 2.47. The molecule has 0 saturated heterocycles. The van der Waals surface area contributed by atoms with E-state index in [9.17, 15) is 14.4 Å². The number of hydrogen-bond donors (Lipinski definition) is 4. The first kappa shape index (κ1) is 20.4. The van der Waals surface area contributed by atoms with E-state index in [1.54, 1.807) is 0 Å². The highest BCUT2D eigenvalue weighted by molar-refractivity contribution is 5.89. The number of Topliss-reactive ketones (excluding diaryl/α,β-unsaturated/α-hetero) is 1. The van der Waals surface area contributed by atoms with Crippen LogP contribution < -0.4 is 16.4 Å². The monoisotopic (exact) mass is 315 g/mol. The molecule has 0 aromatic rings. The molecule has 0 bridgehead atoms. The normalized spacial score (nSPS) is 11.7. The molecule has 0 saturated carbocycles. The molecular weight excluding hydrogens is 286 g/mol. The summed E-state index contributed by atoms with van der Waals surface area (Å²) in [4.78, 5) is 33.3. The maximum atomic E-state index is 11.4. The van der Waals surface area contributed by atoms with Gasteiger partial charge in [0.05, 0.1) is 6.54 Å². The topological polar surface area (TPSA) is 122 Å². The number of rotatable bonds is 13. The fourth-order valence-electron chi connectivity index (χ4n) is 1.93. The van der Waals surface area contributed by atoms with E-state index in [2.05, 4.69) is 17.6 Å². The van der Waals surface area contributed by atoms with Crippen molar-refractivity contribution < 1.29 is 19.5 Å². The van der Waals surface area contributed by atoms with Crippen molar-refractivity contribution in [1.29, 1.82) is 0 Å². The number of amides is 2. The van der Waals surface area contributed by atoms with Gasteiger partial charge in [-0.15, -0.1) is 0 Å². The van der Waals surface area contributed by atoms with E-state index >= 15 is 0 Å². The SMILES string of the molecule is CCCCCCCCCNC(=O)NCC(=O)C[C@H](N)C(=O)O. The van der Waals surface area contributed by atoms with Crippen LogP contribution in [-0.4, -0.2) is 42.0 Å². The van der Waals surface area contributed by atoms with Crippen LogP contribution >= 0.6 is 0 Å². The van der Waals surface area contributed by atoms with Crippen molar-refractivity contribution in [2.24, 2.45) is 5.73 Å². The van der Waals surface area contributed by atoms with Gasteiger partial charge in [0.2, 0.25) is 0 Å². The second-order valence-electron chi connectivity index (χ2n) is 5.42. The largest absolute Gasteiger partial charge is 0.480 e. The molecular formula is C15H29N3O4. The first-order valence-corrected chi connectivity index (χ1v) is 7.99. The number of carbonyl (C=O) groups excluding carboxylic acids is 2. The van der Waals surface area contributed by atoms with Crippen LogP contribution in [0.2, 0.25) is 0 Å². The van der Waals surface area contributed by atoms with E-state index in [1.165, 1.54) is 32.1 Å². The molecule has 0 aliphatic carbocycles. The zero-order valence-electron chi connectivity index (χ0n) is 13.4. The van der Waals surface area contributed by atoms with Crippen molar-refractivity contribution in [3.05, 3.63) is 0 Å². The molecule has 22 heavy (non-hydrogen) atoms. The molecule has 1 atom stereocenters. The maximum absolute atomic E-state index is 11.4. The molecule has 0 aromatic heterocycles. The Bertz CT molecular complexity index is 348. The second-order valence-corrected chi connectivity index (χ2v) is 5.42. The molecule has 0 aromatic carbocycles. The molecule has 0 unspecified atom stereocenters. The van der Waals surface area contributed by atoms with Gasteiger partial charge in [-0.1, -0.05) is 45.4 Å². The lowest BCUT2D eigenvalue weighted by Crippen LogP contribution is -2.41. The van der Waals surface area contributed by atoms with Crippen LogP contribution in [0.15, 0.2) is 0 Å². The minimum absolute atomic E-state index is 0.205. The quantitative estimate of drug-likeness (QED) is 0.383. The third-order valence-corrected chi connectivity index (χ3v) is 3.28. The highest BCUT2D eigenvalue weighted by atomic mass is 16.4. The zero-order chi connectivity index (χ0) is 16.8. The summed E-state index contributed by atoms with van der Waals surface area (Å²) in [5.74, 6) is -1.63. The Morgan fingerprint density at radius 1 is 1.00 bits per heavy atom. The van der Waals surface area contributed by atoms with Gasteiger partial charge < -0.3 is 21.5 Å². The molecule has 2 amide bonds. The minimum atomic E-state index is -1.23. The zero-order valence-corrected chi connectivity index (χ0v) is 13.4. The number of nitrogens with two attached hydrogens (primary N) is 1. The summed E-state index contributed by atoms with van der Waals surface area (Å²) in [5, 5.41) is 13.6. The van der Waals surface area contributed by atoms with Crippen LogP contribution in [0.25, 0.3) is 0 Å². The van der Waals surface area contributed by atoms with Crippen LogP contribution in [0, 0.1) is 0 Å². The van der Waals surface area contributed by atoms with Gasteiger partial charge in [0.1, 0.15) is 6.04 Å². The lowest BCUT2D eigenvalue weighted by molar-refractivity contribution is -0.140. The molecule has 0 rings (SSSR count). The van der Waals surface area contributed by atoms with Gasteiger partial charge in [0.15, 0.2) is 5.78 Å². The van der Waals surface area contributed by atoms with E-state index in [1.807, 2.05) is 0 Å². The van der Waals surface area contributed by atoms with E-state index in [0.717, 1.165) is 12.8 Å². The van der Waals surface area contributed by atoms with Gasteiger partial charge in [0, 0.05) is 13.0 Å². The molecule has 0 spiro atoms. The standard InChI is InChI=1S/C15H29N3O4/c1-2-3-4-5-6-7-8-9-17-15(22)18-11-12(19)10-13(16)14(20)21/h13H,2-11,16H2,1H3,(H,20,21)(H2,17,18,22)/t13-/m0/s1. The summed E-state index contributed by atoms with van der Waals surface area (Å²) in [6.07, 6.45) is 7.90. The number of aliphatic carboxylic acids is 1. The summed E-state index contributed by atoms with van der Waals surface area (Å²) in [6.45, 7) is 2.55. The van der Waals surface area contributed by atoms with E-state index in [4.69, 9.17) is 10.8 Å². The van der Waals surface area contributed by atoms with Crippen molar-refractivity contribution in [2.75, 3.05) is 13.1 Å². The third kappa shape index (κ3) is 12.1. The van der Waals surface area contributed by atoms with Gasteiger partial charge in [-0.3, -0.25) is 9.59 Å². The highest BCUT2D eigenvalue weighted by Gasteiger charge is 2.16. The summed E-state index contributed by atoms with van der Waals surface area (Å²) in [7, 11) is 0. The van der Waals surface area contributed by atoms with E-state index in [-0.39, 0.29) is 13.0 Å². The summed E-state index contributed by atoms with van der Waals surface area (Å²) in [6, 6.07) is -1.63. The lowest BCUT2D eigenvalue weighted by atomic mass is 10.1. The number of carboxylic acid groups (broad SMARTS) is 1. The molecule has 7 nitrogen and oxygen atoms in total. The van der Waals surface area contributed by atoms with Crippen LogP contribution in [0.4, 0.5) is 4.79 Å². The molecule has 0 fully saturated rings. The Morgan fingerprint density at radius 3 is 2.18 bits per heavy atom. The molecule has 5 N–H and O–H groups in total. The molecule has 128 valence electrons. The number of urea groups is 1. The molecule has 0 heterocycles. The predicted molar refractivity (Wildman–Crippen MR) is 84.6 cm³/mol. The smallest absolute Gasteiger partial charge is 0.320 e. The van der Waals surface area contributed by atoms with Crippen molar-refractivity contribution in [3.8, 4) is 0 Å². The van der Waals surface area contributed by atoms with Gasteiger partial charge in [0.25, 0.3) is 0 Å². The Balaban J connectivity index is 3.50. The number of carboxylic acids is 1. The van der Waals surface area contributed by atoms with Crippen molar-refractivity contribution in [1.82, 2.24) is 10.6 Å². The number of carbonyl (C=O) groups is 3. The van der Waals surface area contributed by atoms with Crippen LogP contribution in [0.1, 0.15) is 58.3 Å². The maximum Gasteiger partial charge on any atom is 0.320 e. The van der Waals surface area contributed by atoms with Gasteiger partial charge in [-0.2, -0.15) is 0 Å². The number of hydrogen-bond acceptors (Lipinski definition) is 4. The Hall–Kier alpha value is -1.63. The second kappa shape index (κ2) is 13.1. The lowest BCUT2D eigenvalue weighted by Gasteiger charge is -2.08. The minimum Gasteiger partial charge on any atom is -0.480 e. The molecule has 0 radical (unpaired) electrons. The predicted octanol–water partition coefficient (Wildman–Crippen LogP) is 1.41. The van der Waals surface area contributed by atoms with Gasteiger partial charge in [-0.05, 0) is 6.42 Å². The van der Waals surface area contributed by atoms with E-state index in [0.29, 0.717) is 6.54 Å².